The van der Waals surface area contributed by atoms with Gasteiger partial charge in [-0.3, -0.25) is 5.10 Å². The molecule has 1 heterocycles. The summed E-state index contributed by atoms with van der Waals surface area (Å²) in [5.41, 5.74) is 0.998. The predicted molar refractivity (Wildman–Crippen MR) is 63.7 cm³/mol. The molecule has 0 spiro atoms. The molecule has 0 aliphatic heterocycles. The molecule has 0 radical (unpaired) electrons. The van der Waals surface area contributed by atoms with Crippen LogP contribution in [-0.2, 0) is 0 Å². The fourth-order valence-corrected chi connectivity index (χ4v) is 2.25. The van der Waals surface area contributed by atoms with Gasteiger partial charge in [0.1, 0.15) is 12.1 Å². The Labute approximate surface area is 107 Å². The van der Waals surface area contributed by atoms with E-state index in [4.69, 9.17) is 0 Å². The van der Waals surface area contributed by atoms with Crippen LogP contribution in [0.25, 0.3) is 0 Å². The van der Waals surface area contributed by atoms with E-state index in [9.17, 15) is 8.78 Å². The predicted octanol–water partition coefficient (Wildman–Crippen LogP) is 3.26. The van der Waals surface area contributed by atoms with Gasteiger partial charge in [-0.2, -0.15) is 13.9 Å². The quantitative estimate of drug-likeness (QED) is 0.848. The van der Waals surface area contributed by atoms with E-state index in [1.54, 1.807) is 12.1 Å². The lowest BCUT2D eigenvalue weighted by molar-refractivity contribution is -0.0498. The molecule has 1 N–H and O–H groups in total. The summed E-state index contributed by atoms with van der Waals surface area (Å²) in [7, 11) is 0. The normalized spacial score (nSPS) is 12.7. The highest BCUT2D eigenvalue weighted by Crippen LogP contribution is 2.33. The molecular weight excluding hydrogens is 260 g/mol. The number of thioether (sulfide) groups is 1. The molecule has 4 nitrogen and oxygen atoms in total. The number of benzene rings is 1. The largest absolute Gasteiger partial charge is 0.435 e. The van der Waals surface area contributed by atoms with Gasteiger partial charge in [0.05, 0.1) is 0 Å². The summed E-state index contributed by atoms with van der Waals surface area (Å²) in [6.07, 6.45) is 1.44. The van der Waals surface area contributed by atoms with Crippen LogP contribution in [0.1, 0.15) is 17.7 Å². The Hall–Kier alpha value is -1.63. The van der Waals surface area contributed by atoms with Crippen LogP contribution < -0.4 is 4.74 Å². The SMILES string of the molecule is C[C@H](Sc1ncn[nH]1)c1ccc(OC(F)F)cc1. The summed E-state index contributed by atoms with van der Waals surface area (Å²) in [5, 5.41) is 7.36. The van der Waals surface area contributed by atoms with Crippen molar-refractivity contribution in [1.29, 1.82) is 0 Å². The molecule has 7 heteroatoms. The highest BCUT2D eigenvalue weighted by atomic mass is 32.2. The Morgan fingerprint density at radius 3 is 2.56 bits per heavy atom. The second-order valence-electron chi connectivity index (χ2n) is 3.50. The van der Waals surface area contributed by atoms with Crippen molar-refractivity contribution in [1.82, 2.24) is 15.2 Å². The van der Waals surface area contributed by atoms with Crippen LogP contribution >= 0.6 is 11.8 Å². The minimum atomic E-state index is -2.79. The van der Waals surface area contributed by atoms with Crippen molar-refractivity contribution in [2.45, 2.75) is 23.9 Å². The van der Waals surface area contributed by atoms with E-state index in [0.717, 1.165) is 10.7 Å². The van der Waals surface area contributed by atoms with Gasteiger partial charge in [-0.25, -0.2) is 4.98 Å². The summed E-state index contributed by atoms with van der Waals surface area (Å²) < 4.78 is 28.3. The van der Waals surface area contributed by atoms with Gasteiger partial charge in [-0.05, 0) is 24.6 Å². The molecule has 2 rings (SSSR count). The molecule has 18 heavy (non-hydrogen) atoms. The van der Waals surface area contributed by atoms with Crippen LogP contribution in [0, 0.1) is 0 Å². The lowest BCUT2D eigenvalue weighted by Gasteiger charge is -2.10. The van der Waals surface area contributed by atoms with Gasteiger partial charge in [-0.15, -0.1) is 0 Å². The number of aromatic nitrogens is 3. The summed E-state index contributed by atoms with van der Waals surface area (Å²) >= 11 is 1.50. The van der Waals surface area contributed by atoms with Crippen molar-refractivity contribution in [2.75, 3.05) is 0 Å². The summed E-state index contributed by atoms with van der Waals surface area (Å²) in [5.74, 6) is 0.158. The number of halogens is 2. The second kappa shape index (κ2) is 5.81. The minimum Gasteiger partial charge on any atom is -0.435 e. The fourth-order valence-electron chi connectivity index (χ4n) is 1.41. The number of aromatic amines is 1. The van der Waals surface area contributed by atoms with Crippen molar-refractivity contribution in [3.05, 3.63) is 36.2 Å². The zero-order valence-electron chi connectivity index (χ0n) is 9.51. The molecule has 0 fully saturated rings. The standard InChI is InChI=1S/C11H11F2N3OS/c1-7(18-11-14-6-15-16-11)8-2-4-9(5-3-8)17-10(12)13/h2-7,10H,1H3,(H,14,15,16)/t7-/m0/s1. The van der Waals surface area contributed by atoms with E-state index < -0.39 is 6.61 Å². The van der Waals surface area contributed by atoms with Gasteiger partial charge < -0.3 is 4.74 Å². The Morgan fingerprint density at radius 1 is 1.28 bits per heavy atom. The number of ether oxygens (including phenoxy) is 1. The molecule has 1 aromatic heterocycles. The number of nitrogens with zero attached hydrogens (tertiary/aromatic N) is 2. The van der Waals surface area contributed by atoms with Crippen LogP contribution in [0.4, 0.5) is 8.78 Å². The van der Waals surface area contributed by atoms with E-state index in [1.165, 1.54) is 30.2 Å². The molecule has 0 saturated heterocycles. The molecule has 2 aromatic rings. The minimum absolute atomic E-state index is 0.138. The molecule has 1 aromatic carbocycles. The molecule has 0 saturated carbocycles. The monoisotopic (exact) mass is 271 g/mol. The van der Waals surface area contributed by atoms with Gasteiger partial charge in [-0.1, -0.05) is 23.9 Å². The third-order valence-corrected chi connectivity index (χ3v) is 3.30. The van der Waals surface area contributed by atoms with Crippen molar-refractivity contribution in [2.24, 2.45) is 0 Å². The van der Waals surface area contributed by atoms with Crippen molar-refractivity contribution in [3.63, 3.8) is 0 Å². The molecule has 0 aliphatic rings. The first-order chi connectivity index (χ1) is 8.65. The smallest absolute Gasteiger partial charge is 0.387 e. The molecule has 0 amide bonds. The van der Waals surface area contributed by atoms with Crippen LogP contribution in [0.5, 0.6) is 5.75 Å². The highest BCUT2D eigenvalue weighted by molar-refractivity contribution is 7.99. The first-order valence-corrected chi connectivity index (χ1v) is 6.10. The molecule has 0 unspecified atom stereocenters. The third kappa shape index (κ3) is 3.43. The lowest BCUT2D eigenvalue weighted by atomic mass is 10.2. The maximum atomic E-state index is 12.0. The van der Waals surface area contributed by atoms with Gasteiger partial charge in [0, 0.05) is 5.25 Å². The average molecular weight is 271 g/mol. The maximum absolute atomic E-state index is 12.0. The molecule has 0 bridgehead atoms. The van der Waals surface area contributed by atoms with Crippen molar-refractivity contribution in [3.8, 4) is 5.75 Å². The molecule has 1 atom stereocenters. The van der Waals surface area contributed by atoms with Gasteiger partial charge >= 0.3 is 6.61 Å². The highest BCUT2D eigenvalue weighted by Gasteiger charge is 2.10. The van der Waals surface area contributed by atoms with Crippen LogP contribution in [0.15, 0.2) is 35.7 Å². The van der Waals surface area contributed by atoms with Crippen LogP contribution in [0.3, 0.4) is 0 Å². The molecular formula is C11H11F2N3OS. The second-order valence-corrected chi connectivity index (χ2v) is 4.83. The fraction of sp³-hybridized carbons (Fsp3) is 0.273. The Bertz CT molecular complexity index is 476. The van der Waals surface area contributed by atoms with E-state index in [-0.39, 0.29) is 11.0 Å². The maximum Gasteiger partial charge on any atom is 0.387 e. The van der Waals surface area contributed by atoms with E-state index in [1.807, 2.05) is 6.92 Å². The number of hydrogen-bond acceptors (Lipinski definition) is 4. The van der Waals surface area contributed by atoms with E-state index >= 15 is 0 Å². The van der Waals surface area contributed by atoms with E-state index in [0.29, 0.717) is 0 Å². The first kappa shape index (κ1) is 12.8. The Kier molecular flexibility index (Phi) is 4.14. The van der Waals surface area contributed by atoms with Crippen molar-refractivity contribution < 1.29 is 13.5 Å². The number of alkyl halides is 2. The third-order valence-electron chi connectivity index (χ3n) is 2.26. The van der Waals surface area contributed by atoms with Crippen LogP contribution in [0.2, 0.25) is 0 Å². The average Bonchev–Trinajstić information content (AvgIpc) is 2.82. The first-order valence-electron chi connectivity index (χ1n) is 5.22. The molecule has 96 valence electrons. The number of hydrogen-bond donors (Lipinski definition) is 1. The molecule has 0 aliphatic carbocycles. The van der Waals surface area contributed by atoms with Gasteiger partial charge in [0.15, 0.2) is 5.16 Å². The van der Waals surface area contributed by atoms with Gasteiger partial charge in [0.2, 0.25) is 0 Å². The summed E-state index contributed by atoms with van der Waals surface area (Å²) in [6, 6.07) is 6.56. The topological polar surface area (TPSA) is 50.8 Å². The number of nitrogens with one attached hydrogen (secondary N) is 1. The van der Waals surface area contributed by atoms with Crippen LogP contribution in [-0.4, -0.2) is 21.8 Å². The Morgan fingerprint density at radius 2 is 2.00 bits per heavy atom. The van der Waals surface area contributed by atoms with Gasteiger partial charge in [0.25, 0.3) is 0 Å². The number of H-pyrrole nitrogens is 1. The summed E-state index contributed by atoms with van der Waals surface area (Å²) in [4.78, 5) is 4.01. The summed E-state index contributed by atoms with van der Waals surface area (Å²) in [6.45, 7) is -0.798. The number of rotatable bonds is 5. The Balaban J connectivity index is 2.00. The zero-order valence-corrected chi connectivity index (χ0v) is 10.3. The lowest BCUT2D eigenvalue weighted by Crippen LogP contribution is -2.01. The van der Waals surface area contributed by atoms with Crippen molar-refractivity contribution >= 4 is 11.8 Å². The zero-order chi connectivity index (χ0) is 13.0. The van der Waals surface area contributed by atoms with E-state index in [2.05, 4.69) is 19.9 Å².